The number of para-hydroxylation sites is 1. The van der Waals surface area contributed by atoms with Gasteiger partial charge < -0.3 is 10.6 Å². The van der Waals surface area contributed by atoms with Gasteiger partial charge in [0.15, 0.2) is 0 Å². The molecule has 0 aliphatic carbocycles. The Morgan fingerprint density at radius 2 is 1.86 bits per heavy atom. The molecule has 0 spiro atoms. The Bertz CT molecular complexity index is 731. The van der Waals surface area contributed by atoms with Crippen LogP contribution in [0.15, 0.2) is 42.5 Å². The molecule has 2 N–H and O–H groups in total. The number of aryl methyl sites for hydroxylation is 2. The lowest BCUT2D eigenvalue weighted by Gasteiger charge is -2.17. The number of carbonyl (C=O) groups is 1. The smallest absolute Gasteiger partial charge is 0.246 e. The highest BCUT2D eigenvalue weighted by atomic mass is 16.2. The predicted molar refractivity (Wildman–Crippen MR) is 88.8 cm³/mol. The van der Waals surface area contributed by atoms with Gasteiger partial charge in [-0.3, -0.25) is 4.79 Å². The molecule has 0 aliphatic heterocycles. The molecule has 0 aromatic heterocycles. The molecule has 112 valence electrons. The van der Waals surface area contributed by atoms with E-state index in [0.717, 1.165) is 11.3 Å². The van der Waals surface area contributed by atoms with E-state index in [1.54, 1.807) is 31.2 Å². The van der Waals surface area contributed by atoms with Gasteiger partial charge in [-0.05, 0) is 44.5 Å². The molecule has 0 saturated heterocycles. The van der Waals surface area contributed by atoms with Crippen molar-refractivity contribution in [3.05, 3.63) is 59.2 Å². The second-order valence-corrected chi connectivity index (χ2v) is 5.33. The van der Waals surface area contributed by atoms with Crippen molar-refractivity contribution in [3.8, 4) is 6.07 Å². The summed E-state index contributed by atoms with van der Waals surface area (Å²) in [6.45, 7) is 5.83. The lowest BCUT2D eigenvalue weighted by atomic mass is 10.1. The zero-order valence-electron chi connectivity index (χ0n) is 13.0. The monoisotopic (exact) mass is 293 g/mol. The highest BCUT2D eigenvalue weighted by Gasteiger charge is 2.15. The topological polar surface area (TPSA) is 64.9 Å². The van der Waals surface area contributed by atoms with Gasteiger partial charge in [-0.2, -0.15) is 5.26 Å². The van der Waals surface area contributed by atoms with E-state index in [4.69, 9.17) is 5.26 Å². The Hall–Kier alpha value is -2.80. The molecule has 0 unspecified atom stereocenters. The van der Waals surface area contributed by atoms with Crippen molar-refractivity contribution in [3.63, 3.8) is 0 Å². The summed E-state index contributed by atoms with van der Waals surface area (Å²) < 4.78 is 0. The molecule has 1 atom stereocenters. The van der Waals surface area contributed by atoms with Gasteiger partial charge in [0, 0.05) is 5.69 Å². The van der Waals surface area contributed by atoms with Crippen LogP contribution in [0.25, 0.3) is 0 Å². The molecule has 0 bridgehead atoms. The van der Waals surface area contributed by atoms with Crippen LogP contribution in [0.4, 0.5) is 11.4 Å². The Morgan fingerprint density at radius 1 is 1.14 bits per heavy atom. The highest BCUT2D eigenvalue weighted by molar-refractivity contribution is 5.97. The normalized spacial score (nSPS) is 11.4. The number of amides is 1. The molecule has 2 aromatic rings. The van der Waals surface area contributed by atoms with Gasteiger partial charge in [0.2, 0.25) is 5.91 Å². The van der Waals surface area contributed by atoms with Crippen LogP contribution in [0, 0.1) is 25.2 Å². The molecular formula is C18H19N3O. The zero-order valence-corrected chi connectivity index (χ0v) is 13.0. The van der Waals surface area contributed by atoms with E-state index in [1.807, 2.05) is 26.0 Å². The number of anilines is 2. The molecule has 0 aliphatic rings. The van der Waals surface area contributed by atoms with Crippen molar-refractivity contribution >= 4 is 17.3 Å². The molecule has 2 aromatic carbocycles. The van der Waals surface area contributed by atoms with Gasteiger partial charge in [0.05, 0.1) is 11.3 Å². The fraction of sp³-hybridized carbons (Fsp3) is 0.222. The Kier molecular flexibility index (Phi) is 4.80. The molecule has 4 heteroatoms. The highest BCUT2D eigenvalue weighted by Crippen LogP contribution is 2.18. The van der Waals surface area contributed by atoms with Crippen LogP contribution in [-0.4, -0.2) is 11.9 Å². The molecule has 0 fully saturated rings. The summed E-state index contributed by atoms with van der Waals surface area (Å²) in [5.74, 6) is -0.178. The van der Waals surface area contributed by atoms with E-state index >= 15 is 0 Å². The van der Waals surface area contributed by atoms with E-state index in [9.17, 15) is 4.79 Å². The average molecular weight is 293 g/mol. The summed E-state index contributed by atoms with van der Waals surface area (Å²) in [6.07, 6.45) is 0. The van der Waals surface area contributed by atoms with Crippen LogP contribution in [0.5, 0.6) is 0 Å². The van der Waals surface area contributed by atoms with Crippen LogP contribution in [0.3, 0.4) is 0 Å². The van der Waals surface area contributed by atoms with Crippen molar-refractivity contribution in [1.82, 2.24) is 0 Å². The molecule has 0 heterocycles. The van der Waals surface area contributed by atoms with Gasteiger partial charge in [-0.25, -0.2) is 0 Å². The van der Waals surface area contributed by atoms with Crippen molar-refractivity contribution in [1.29, 1.82) is 5.26 Å². The average Bonchev–Trinajstić information content (AvgIpc) is 2.50. The third-order valence-electron chi connectivity index (χ3n) is 3.45. The quantitative estimate of drug-likeness (QED) is 0.905. The molecule has 4 nitrogen and oxygen atoms in total. The third kappa shape index (κ3) is 3.64. The Morgan fingerprint density at radius 3 is 2.55 bits per heavy atom. The summed E-state index contributed by atoms with van der Waals surface area (Å²) in [4.78, 5) is 12.3. The standard InChI is InChI=1S/C18H19N3O/c1-12-8-9-16(13(2)10-12)20-14(3)18(22)21-17-7-5-4-6-15(17)11-19/h4-10,14,20H,1-3H3,(H,21,22)/t14-/m1/s1. The van der Waals surface area contributed by atoms with E-state index in [2.05, 4.69) is 22.8 Å². The van der Waals surface area contributed by atoms with Crippen molar-refractivity contribution in [2.24, 2.45) is 0 Å². The summed E-state index contributed by atoms with van der Waals surface area (Å²) in [5.41, 5.74) is 4.20. The zero-order chi connectivity index (χ0) is 16.1. The first kappa shape index (κ1) is 15.6. The van der Waals surface area contributed by atoms with E-state index in [0.29, 0.717) is 11.3 Å². The third-order valence-corrected chi connectivity index (χ3v) is 3.45. The minimum absolute atomic E-state index is 0.178. The number of carbonyl (C=O) groups excluding carboxylic acids is 1. The van der Waals surface area contributed by atoms with Crippen molar-refractivity contribution < 1.29 is 4.79 Å². The van der Waals surface area contributed by atoms with E-state index < -0.39 is 6.04 Å². The van der Waals surface area contributed by atoms with Crippen LogP contribution in [-0.2, 0) is 4.79 Å². The summed E-state index contributed by atoms with van der Waals surface area (Å²) >= 11 is 0. The first-order valence-electron chi connectivity index (χ1n) is 7.15. The maximum atomic E-state index is 12.3. The predicted octanol–water partition coefficient (Wildman–Crippen LogP) is 3.61. The first-order chi connectivity index (χ1) is 10.5. The summed E-state index contributed by atoms with van der Waals surface area (Å²) in [5, 5.41) is 15.0. The maximum Gasteiger partial charge on any atom is 0.246 e. The summed E-state index contributed by atoms with van der Waals surface area (Å²) in [6, 6.07) is 14.7. The first-order valence-corrected chi connectivity index (χ1v) is 7.15. The number of benzene rings is 2. The Labute approximate surface area is 130 Å². The number of hydrogen-bond acceptors (Lipinski definition) is 3. The van der Waals surface area contributed by atoms with Gasteiger partial charge in [-0.1, -0.05) is 29.8 Å². The molecule has 1 amide bonds. The van der Waals surface area contributed by atoms with Crippen LogP contribution in [0.2, 0.25) is 0 Å². The fourth-order valence-corrected chi connectivity index (χ4v) is 2.20. The number of hydrogen-bond donors (Lipinski definition) is 2. The van der Waals surface area contributed by atoms with Crippen molar-refractivity contribution in [2.45, 2.75) is 26.8 Å². The number of nitriles is 1. The maximum absolute atomic E-state index is 12.3. The second kappa shape index (κ2) is 6.77. The molecule has 22 heavy (non-hydrogen) atoms. The molecular weight excluding hydrogens is 274 g/mol. The van der Waals surface area contributed by atoms with E-state index in [1.165, 1.54) is 5.56 Å². The van der Waals surface area contributed by atoms with Gasteiger partial charge in [-0.15, -0.1) is 0 Å². The largest absolute Gasteiger partial charge is 0.374 e. The van der Waals surface area contributed by atoms with Crippen LogP contribution >= 0.6 is 0 Å². The number of rotatable bonds is 4. The van der Waals surface area contributed by atoms with Gasteiger partial charge in [0.25, 0.3) is 0 Å². The molecule has 0 saturated carbocycles. The minimum Gasteiger partial charge on any atom is -0.374 e. The minimum atomic E-state index is -0.409. The van der Waals surface area contributed by atoms with Crippen LogP contribution < -0.4 is 10.6 Å². The lowest BCUT2D eigenvalue weighted by molar-refractivity contribution is -0.116. The van der Waals surface area contributed by atoms with Gasteiger partial charge >= 0.3 is 0 Å². The number of nitrogens with one attached hydrogen (secondary N) is 2. The van der Waals surface area contributed by atoms with Crippen molar-refractivity contribution in [2.75, 3.05) is 10.6 Å². The Balaban J connectivity index is 2.08. The number of nitrogens with zero attached hydrogens (tertiary/aromatic N) is 1. The lowest BCUT2D eigenvalue weighted by Crippen LogP contribution is -2.32. The fourth-order valence-electron chi connectivity index (χ4n) is 2.20. The molecule has 2 rings (SSSR count). The summed E-state index contributed by atoms with van der Waals surface area (Å²) in [7, 11) is 0. The van der Waals surface area contributed by atoms with Crippen LogP contribution in [0.1, 0.15) is 23.6 Å². The van der Waals surface area contributed by atoms with Gasteiger partial charge in [0.1, 0.15) is 12.1 Å². The molecule has 0 radical (unpaired) electrons. The second-order valence-electron chi connectivity index (χ2n) is 5.33. The van der Waals surface area contributed by atoms with E-state index in [-0.39, 0.29) is 5.91 Å². The SMILES string of the molecule is Cc1ccc(N[C@H](C)C(=O)Nc2ccccc2C#N)c(C)c1.